The predicted octanol–water partition coefficient (Wildman–Crippen LogP) is 4.30. The van der Waals surface area contributed by atoms with Gasteiger partial charge in [-0.3, -0.25) is 4.68 Å². The maximum absolute atomic E-state index is 4.58. The first-order chi connectivity index (χ1) is 10.7. The van der Waals surface area contributed by atoms with Crippen LogP contribution in [0.2, 0.25) is 0 Å². The fourth-order valence-corrected chi connectivity index (χ4v) is 4.41. The second-order valence-corrected chi connectivity index (χ2v) is 7.76. The van der Waals surface area contributed by atoms with Crippen molar-refractivity contribution in [2.24, 2.45) is 11.8 Å². The highest BCUT2D eigenvalue weighted by Gasteiger charge is 2.30. The molecule has 3 nitrogen and oxygen atoms in total. The summed E-state index contributed by atoms with van der Waals surface area (Å²) in [6.45, 7) is 9.53. The minimum Gasteiger partial charge on any atom is -0.300 e. The van der Waals surface area contributed by atoms with Crippen molar-refractivity contribution in [2.75, 3.05) is 13.1 Å². The highest BCUT2D eigenvalue weighted by Crippen LogP contribution is 2.34. The lowest BCUT2D eigenvalue weighted by atomic mass is 9.79. The van der Waals surface area contributed by atoms with E-state index in [9.17, 15) is 0 Å². The van der Waals surface area contributed by atoms with E-state index in [2.05, 4.69) is 41.6 Å². The third-order valence-electron chi connectivity index (χ3n) is 6.14. The summed E-state index contributed by atoms with van der Waals surface area (Å²) in [7, 11) is 0. The van der Waals surface area contributed by atoms with Gasteiger partial charge in [0.1, 0.15) is 0 Å². The van der Waals surface area contributed by atoms with Crippen LogP contribution in [0.5, 0.6) is 0 Å². The number of nitrogens with zero attached hydrogens (tertiary/aromatic N) is 3. The second-order valence-electron chi connectivity index (χ2n) is 7.76. The molecule has 124 valence electrons. The van der Waals surface area contributed by atoms with Gasteiger partial charge in [0.15, 0.2) is 0 Å². The van der Waals surface area contributed by atoms with Gasteiger partial charge in [-0.1, -0.05) is 20.8 Å². The van der Waals surface area contributed by atoms with Crippen LogP contribution in [-0.4, -0.2) is 33.8 Å². The summed E-state index contributed by atoms with van der Waals surface area (Å²) in [6, 6.07) is 1.49. The molecule has 0 N–H and O–H groups in total. The summed E-state index contributed by atoms with van der Waals surface area (Å²) in [6.07, 6.45) is 13.7. The maximum atomic E-state index is 4.58. The van der Waals surface area contributed by atoms with Crippen molar-refractivity contribution < 1.29 is 0 Å². The van der Waals surface area contributed by atoms with E-state index in [4.69, 9.17) is 0 Å². The van der Waals surface area contributed by atoms with Crippen molar-refractivity contribution in [3.8, 4) is 0 Å². The number of hydrogen-bond donors (Lipinski definition) is 0. The van der Waals surface area contributed by atoms with Crippen LogP contribution in [0, 0.1) is 11.8 Å². The van der Waals surface area contributed by atoms with E-state index >= 15 is 0 Å². The summed E-state index contributed by atoms with van der Waals surface area (Å²) >= 11 is 0. The first kappa shape index (κ1) is 16.0. The van der Waals surface area contributed by atoms with E-state index in [1.54, 1.807) is 0 Å². The average Bonchev–Trinajstić information content (AvgIpc) is 3.04. The van der Waals surface area contributed by atoms with Crippen LogP contribution in [0.4, 0.5) is 0 Å². The van der Waals surface area contributed by atoms with Crippen LogP contribution in [0.15, 0.2) is 12.4 Å². The molecule has 1 aliphatic heterocycles. The molecule has 3 rings (SSSR count). The molecular formula is C19H33N3. The van der Waals surface area contributed by atoms with E-state index in [-0.39, 0.29) is 0 Å². The molecule has 0 radical (unpaired) electrons. The summed E-state index contributed by atoms with van der Waals surface area (Å²) in [5.74, 6) is 1.85. The van der Waals surface area contributed by atoms with Gasteiger partial charge >= 0.3 is 0 Å². The van der Waals surface area contributed by atoms with Gasteiger partial charge in [0.2, 0.25) is 0 Å². The summed E-state index contributed by atoms with van der Waals surface area (Å²) < 4.78 is 2.23. The number of rotatable bonds is 4. The topological polar surface area (TPSA) is 21.1 Å². The number of aryl methyl sites for hydroxylation is 1. The Morgan fingerprint density at radius 3 is 2.27 bits per heavy atom. The molecule has 22 heavy (non-hydrogen) atoms. The zero-order valence-electron chi connectivity index (χ0n) is 14.7. The van der Waals surface area contributed by atoms with Crippen LogP contribution in [0.1, 0.15) is 70.9 Å². The van der Waals surface area contributed by atoms with E-state index < -0.39 is 0 Å². The molecule has 2 fully saturated rings. The Labute approximate surface area is 136 Å². The Hall–Kier alpha value is -0.830. The second kappa shape index (κ2) is 7.16. The predicted molar refractivity (Wildman–Crippen MR) is 92.0 cm³/mol. The minimum atomic E-state index is 0.628. The molecule has 0 atom stereocenters. The molecule has 0 amide bonds. The Balaban J connectivity index is 1.48. The lowest BCUT2D eigenvalue weighted by molar-refractivity contribution is 0.0864. The number of aromatic nitrogens is 2. The van der Waals surface area contributed by atoms with Crippen LogP contribution >= 0.6 is 0 Å². The third kappa shape index (κ3) is 3.56. The quantitative estimate of drug-likeness (QED) is 0.827. The van der Waals surface area contributed by atoms with E-state index in [0.29, 0.717) is 6.04 Å². The Kier molecular flexibility index (Phi) is 5.22. The number of piperidine rings is 1. The summed E-state index contributed by atoms with van der Waals surface area (Å²) in [5, 5.41) is 4.58. The first-order valence-electron chi connectivity index (χ1n) is 9.44. The summed E-state index contributed by atoms with van der Waals surface area (Å²) in [4.78, 5) is 2.78. The van der Waals surface area contributed by atoms with Gasteiger partial charge in [-0.2, -0.15) is 5.10 Å². The molecule has 3 heteroatoms. The molecule has 0 bridgehead atoms. The monoisotopic (exact) mass is 303 g/mol. The average molecular weight is 303 g/mol. The van der Waals surface area contributed by atoms with E-state index in [0.717, 1.165) is 24.3 Å². The van der Waals surface area contributed by atoms with Crippen LogP contribution in [-0.2, 0) is 6.42 Å². The molecule has 0 aromatic carbocycles. The molecule has 0 spiro atoms. The van der Waals surface area contributed by atoms with Gasteiger partial charge in [0.05, 0.1) is 12.2 Å². The van der Waals surface area contributed by atoms with Crippen molar-refractivity contribution in [3.05, 3.63) is 18.0 Å². The van der Waals surface area contributed by atoms with Crippen LogP contribution < -0.4 is 0 Å². The Bertz CT molecular complexity index is 449. The summed E-state index contributed by atoms with van der Waals surface area (Å²) in [5.41, 5.74) is 1.37. The largest absolute Gasteiger partial charge is 0.300 e. The lowest BCUT2D eigenvalue weighted by Gasteiger charge is -2.41. The van der Waals surface area contributed by atoms with Gasteiger partial charge in [0, 0.05) is 25.3 Å². The van der Waals surface area contributed by atoms with Gasteiger partial charge in [-0.25, -0.2) is 0 Å². The number of likely N-dealkylation sites (tertiary alicyclic amines) is 1. The normalized spacial score (nSPS) is 28.4. The highest BCUT2D eigenvalue weighted by atomic mass is 15.3. The van der Waals surface area contributed by atoms with Crippen molar-refractivity contribution >= 4 is 0 Å². The van der Waals surface area contributed by atoms with Crippen molar-refractivity contribution in [1.82, 2.24) is 14.7 Å². The van der Waals surface area contributed by atoms with Gasteiger partial charge in [-0.05, 0) is 62.3 Å². The van der Waals surface area contributed by atoms with Crippen molar-refractivity contribution in [3.63, 3.8) is 0 Å². The molecule has 1 saturated carbocycles. The number of hydrogen-bond acceptors (Lipinski definition) is 2. The molecule has 1 aromatic heterocycles. The molecule has 1 aromatic rings. The molecule has 2 heterocycles. The fraction of sp³-hybridized carbons (Fsp3) is 0.842. The Morgan fingerprint density at radius 1 is 1.05 bits per heavy atom. The first-order valence-corrected chi connectivity index (χ1v) is 9.44. The maximum Gasteiger partial charge on any atom is 0.0543 e. The minimum absolute atomic E-state index is 0.628. The standard InChI is InChI=1S/C19H33N3/c1-4-16-13-20-22(14-16)19-9-11-21(12-10-19)18-7-5-17(6-8-18)15(2)3/h13-15,17-19H,4-12H2,1-3H3. The smallest absolute Gasteiger partial charge is 0.0543 e. The SMILES string of the molecule is CCc1cnn(C2CCN(C3CCC(C(C)C)CC3)CC2)c1. The molecule has 1 aliphatic carbocycles. The van der Waals surface area contributed by atoms with E-state index in [1.807, 2.05) is 6.20 Å². The van der Waals surface area contributed by atoms with E-state index in [1.165, 1.54) is 57.2 Å². The Morgan fingerprint density at radius 2 is 1.73 bits per heavy atom. The zero-order valence-corrected chi connectivity index (χ0v) is 14.7. The molecule has 1 saturated heterocycles. The van der Waals surface area contributed by atoms with Crippen LogP contribution in [0.3, 0.4) is 0 Å². The van der Waals surface area contributed by atoms with Gasteiger partial charge in [0.25, 0.3) is 0 Å². The van der Waals surface area contributed by atoms with Crippen LogP contribution in [0.25, 0.3) is 0 Å². The van der Waals surface area contributed by atoms with Crippen molar-refractivity contribution in [1.29, 1.82) is 0 Å². The fourth-order valence-electron chi connectivity index (χ4n) is 4.41. The zero-order chi connectivity index (χ0) is 15.5. The van der Waals surface area contributed by atoms with Gasteiger partial charge < -0.3 is 4.90 Å². The molecule has 0 unspecified atom stereocenters. The highest BCUT2D eigenvalue weighted by molar-refractivity contribution is 5.04. The van der Waals surface area contributed by atoms with Crippen molar-refractivity contribution in [2.45, 2.75) is 77.8 Å². The van der Waals surface area contributed by atoms with Gasteiger partial charge in [-0.15, -0.1) is 0 Å². The lowest BCUT2D eigenvalue weighted by Crippen LogP contribution is -2.43. The molecular weight excluding hydrogens is 270 g/mol. The molecule has 2 aliphatic rings. The third-order valence-corrected chi connectivity index (χ3v) is 6.14.